The fraction of sp³-hybridized carbons (Fsp3) is 0.955. The van der Waals surface area contributed by atoms with Crippen LogP contribution in [-0.2, 0) is 61.8 Å². The highest BCUT2D eigenvalue weighted by molar-refractivity contribution is 5.78. The normalized spacial score (nSPS) is 35.8. The van der Waals surface area contributed by atoms with Gasteiger partial charge in [0, 0.05) is 13.3 Å². The molecule has 0 aromatic carbocycles. The van der Waals surface area contributed by atoms with E-state index >= 15 is 0 Å². The summed E-state index contributed by atoms with van der Waals surface area (Å²) < 4.78 is 59.2. The summed E-state index contributed by atoms with van der Waals surface area (Å²) in [6.45, 7) is -0.616. The molecule has 32 nitrogen and oxygen atoms in total. The lowest BCUT2D eigenvalue weighted by atomic mass is 9.88. The van der Waals surface area contributed by atoms with Crippen molar-refractivity contribution in [2.75, 3.05) is 46.2 Å². The van der Waals surface area contributed by atoms with Gasteiger partial charge in [-0.15, -0.1) is 0 Å². The van der Waals surface area contributed by atoms with Gasteiger partial charge in [-0.3, -0.25) is 9.59 Å². The summed E-state index contributed by atoms with van der Waals surface area (Å²) >= 11 is 0. The first kappa shape index (κ1) is 87.0. The number of carboxylic acids is 1. The van der Waals surface area contributed by atoms with Gasteiger partial charge in [0.25, 0.3) is 5.79 Å². The van der Waals surface area contributed by atoms with E-state index in [1.165, 1.54) is 116 Å². The van der Waals surface area contributed by atoms with Gasteiger partial charge in [0.1, 0.15) is 123 Å². The lowest BCUT2D eigenvalue weighted by molar-refractivity contribution is -0.382. The Labute approximate surface area is 580 Å². The van der Waals surface area contributed by atoms with Gasteiger partial charge < -0.3 is 145 Å². The van der Waals surface area contributed by atoms with Crippen LogP contribution < -0.4 is 10.6 Å². The Morgan fingerprint density at radius 2 is 0.929 bits per heavy atom. The number of ether oxygens (including phenoxy) is 10. The molecule has 0 spiro atoms. The Hall–Kier alpha value is -2.63. The third-order valence-electron chi connectivity index (χ3n) is 19.6. The van der Waals surface area contributed by atoms with Crippen molar-refractivity contribution < 1.29 is 149 Å². The number of hydrogen-bond donors (Lipinski definition) is 19. The molecule has 19 N–H and O–H groups in total. The van der Waals surface area contributed by atoms with E-state index in [1.807, 2.05) is 0 Å². The average molecular weight is 1440 g/mol. The van der Waals surface area contributed by atoms with Gasteiger partial charge in [0.15, 0.2) is 25.2 Å². The van der Waals surface area contributed by atoms with Crippen molar-refractivity contribution in [2.45, 2.75) is 353 Å². The van der Waals surface area contributed by atoms with E-state index in [9.17, 15) is 101 Å². The summed E-state index contributed by atoms with van der Waals surface area (Å²) in [7, 11) is 0. The van der Waals surface area contributed by atoms with Crippen molar-refractivity contribution in [3.05, 3.63) is 0 Å². The van der Waals surface area contributed by atoms with Crippen LogP contribution in [0.25, 0.3) is 0 Å². The molecular weight excluding hydrogens is 1310 g/mol. The molecule has 0 radical (unpaired) electrons. The quantitative estimate of drug-likeness (QED) is 0.0304. The van der Waals surface area contributed by atoms with E-state index in [0.717, 1.165) is 58.3 Å². The van der Waals surface area contributed by atoms with Gasteiger partial charge in [-0.2, -0.15) is 0 Å². The Kier molecular flexibility index (Phi) is 40.1. The Morgan fingerprint density at radius 1 is 0.485 bits per heavy atom. The molecule has 0 unspecified atom stereocenters. The van der Waals surface area contributed by atoms with Crippen LogP contribution in [0, 0.1) is 5.92 Å². The Balaban J connectivity index is 1.26. The summed E-state index contributed by atoms with van der Waals surface area (Å²) in [4.78, 5) is 38.1. The third kappa shape index (κ3) is 26.1. The molecule has 5 aliphatic heterocycles. The van der Waals surface area contributed by atoms with Crippen LogP contribution in [0.1, 0.15) is 194 Å². The van der Waals surface area contributed by atoms with Gasteiger partial charge >= 0.3 is 5.97 Å². The van der Waals surface area contributed by atoms with Gasteiger partial charge in [-0.25, -0.2) is 4.79 Å². The second kappa shape index (κ2) is 45.7. The fourth-order valence-corrected chi connectivity index (χ4v) is 13.6. The van der Waals surface area contributed by atoms with Crippen molar-refractivity contribution in [1.29, 1.82) is 0 Å². The molecular formula is C67H122N2O30. The smallest absolute Gasteiger partial charge is 0.364 e. The van der Waals surface area contributed by atoms with Gasteiger partial charge in [0.05, 0.1) is 51.8 Å². The Bertz CT molecular complexity index is 2190. The predicted molar refractivity (Wildman–Crippen MR) is 347 cm³/mol. The number of carbonyl (C=O) groups excluding carboxylic acids is 2. The zero-order chi connectivity index (χ0) is 72.8. The number of unbranched alkanes of at least 4 members (excludes halogenated alkanes) is 22. The van der Waals surface area contributed by atoms with Crippen LogP contribution in [0.15, 0.2) is 0 Å². The highest BCUT2D eigenvalue weighted by Crippen LogP contribution is 2.38. The summed E-state index contributed by atoms with van der Waals surface area (Å²) in [6.07, 6.45) is -15.3. The van der Waals surface area contributed by atoms with Crippen LogP contribution in [0.3, 0.4) is 0 Å². The van der Waals surface area contributed by atoms with Crippen molar-refractivity contribution in [2.24, 2.45) is 5.92 Å². The van der Waals surface area contributed by atoms with Crippen molar-refractivity contribution in [3.8, 4) is 0 Å². The van der Waals surface area contributed by atoms with E-state index < -0.39 is 223 Å². The largest absolute Gasteiger partial charge is 0.477 e. The molecule has 0 bridgehead atoms. The SMILES string of the molecule is CCCCCCCCCCCCCCC(CCCCCCCCCCCCCC)CO[C@@H]1O[C@H](CO)[C@@H](O[C@@H]2O[C@H](CO)[C@H](O)[C@H](O[C@@H]3O[C@H](CO)[C@@H](O)[C@H](O[C@@H]4O[C@H](CO[C@]5(C(=O)O)C[C@H](O)[C@@H](NC(=O)CO)[C@H]([C@H](O)[C@H](O)CO)O5)[C@H](O)[C@H](O)[C@H]4O)[C@H]3NC(C)=O)[C@H]2O)[C@H](O)[C@H]1O. The zero-order valence-electron chi connectivity index (χ0n) is 58.0. The summed E-state index contributed by atoms with van der Waals surface area (Å²) in [6, 6.07) is -3.57. The molecule has 0 aromatic heterocycles. The minimum Gasteiger partial charge on any atom is -0.477 e. The van der Waals surface area contributed by atoms with Crippen LogP contribution in [0.2, 0.25) is 0 Å². The molecule has 0 aromatic rings. The maximum Gasteiger partial charge on any atom is 0.364 e. The molecule has 5 fully saturated rings. The molecule has 0 aliphatic carbocycles. The first-order valence-electron chi connectivity index (χ1n) is 36.3. The van der Waals surface area contributed by atoms with E-state index in [-0.39, 0.29) is 12.5 Å². The first-order valence-corrected chi connectivity index (χ1v) is 36.3. The third-order valence-corrected chi connectivity index (χ3v) is 19.6. The second-order valence-electron chi connectivity index (χ2n) is 27.4. The number of carboxylic acid groups (broad SMARTS) is 1. The zero-order valence-corrected chi connectivity index (χ0v) is 58.0. The van der Waals surface area contributed by atoms with E-state index in [2.05, 4.69) is 24.5 Å². The maximum atomic E-state index is 13.0. The van der Waals surface area contributed by atoms with Gasteiger partial charge in [0.2, 0.25) is 11.8 Å². The van der Waals surface area contributed by atoms with E-state index in [1.54, 1.807) is 0 Å². The number of hydrogen-bond acceptors (Lipinski definition) is 29. The summed E-state index contributed by atoms with van der Waals surface area (Å²) in [5.74, 6) is -6.95. The fourth-order valence-electron chi connectivity index (χ4n) is 13.6. The number of rotatable bonds is 48. The van der Waals surface area contributed by atoms with Crippen LogP contribution in [0.4, 0.5) is 0 Å². The number of aliphatic hydroxyl groups is 16. The first-order chi connectivity index (χ1) is 47.5. The number of carbonyl (C=O) groups is 3. The van der Waals surface area contributed by atoms with Crippen molar-refractivity contribution >= 4 is 17.8 Å². The van der Waals surface area contributed by atoms with E-state index in [0.29, 0.717) is 0 Å². The number of nitrogens with one attached hydrogen (secondary N) is 2. The van der Waals surface area contributed by atoms with Crippen LogP contribution in [-0.4, -0.2) is 310 Å². The molecule has 580 valence electrons. The van der Waals surface area contributed by atoms with Gasteiger partial charge in [-0.1, -0.05) is 168 Å². The summed E-state index contributed by atoms with van der Waals surface area (Å²) in [5.41, 5.74) is 0. The van der Waals surface area contributed by atoms with Crippen LogP contribution in [0.5, 0.6) is 0 Å². The van der Waals surface area contributed by atoms with E-state index in [4.69, 9.17) is 47.4 Å². The molecule has 5 rings (SSSR count). The Morgan fingerprint density at radius 3 is 1.41 bits per heavy atom. The molecule has 0 saturated carbocycles. The molecule has 5 saturated heterocycles. The number of amides is 2. The topological polar surface area (TPSA) is 511 Å². The predicted octanol–water partition coefficient (Wildman–Crippen LogP) is -1.64. The van der Waals surface area contributed by atoms with Crippen molar-refractivity contribution in [1.82, 2.24) is 10.6 Å². The monoisotopic (exact) mass is 1430 g/mol. The van der Waals surface area contributed by atoms with Crippen molar-refractivity contribution in [3.63, 3.8) is 0 Å². The molecule has 32 heteroatoms. The maximum absolute atomic E-state index is 13.0. The second-order valence-corrected chi connectivity index (χ2v) is 27.4. The standard InChI is InChI=1S/C67H122N2O30/c1-4-6-8-10-12-14-16-18-20-22-24-26-28-39(29-27-25-23-21-19-17-15-13-11-9-7-5-2)36-90-63-56(86)54(84)58(44(34-73)94-63)96-65-57(87)61(52(82)43(33-72)93-65)98-62-48(68-38(3)75)59(51(81)42(32-71)92-62)97-64-55(85)53(83)50(80)45(95-64)37-91-67(66(88)89)30-40(76)47(69-46(78)35-74)60(99-67)49(79)41(77)31-70/h39-45,47-65,70-74,76-77,79-87H,4-37H2,1-3H3,(H,68,75)(H,69,78)(H,88,89)/t40-,41+,42+,43+,44+,45+,47+,48+,49+,50-,51+,52-,53-,54+,55+,56+,57+,58+,59+,60+,61-,62-,63+,64-,65-,67+/m0/s1. The molecule has 2 amide bonds. The van der Waals surface area contributed by atoms with Gasteiger partial charge in [-0.05, 0) is 18.8 Å². The average Bonchev–Trinajstić information content (AvgIpc) is 0.773. The minimum absolute atomic E-state index is 0.107. The lowest BCUT2D eigenvalue weighted by Crippen LogP contribution is -2.70. The summed E-state index contributed by atoms with van der Waals surface area (Å²) in [5, 5.41) is 190. The molecule has 26 atom stereocenters. The molecule has 99 heavy (non-hydrogen) atoms. The van der Waals surface area contributed by atoms with Crippen LogP contribution >= 0.6 is 0 Å². The number of aliphatic hydroxyl groups excluding tert-OH is 16. The molecule has 5 heterocycles. The lowest BCUT2D eigenvalue weighted by Gasteiger charge is -2.50. The molecule has 5 aliphatic rings. The highest BCUT2D eigenvalue weighted by atomic mass is 16.8. The number of aliphatic carboxylic acids is 1. The highest BCUT2D eigenvalue weighted by Gasteiger charge is 2.59. The minimum atomic E-state index is -3.05.